The number of ether oxygens (including phenoxy) is 1. The number of amides is 1. The van der Waals surface area contributed by atoms with Crippen molar-refractivity contribution < 1.29 is 14.6 Å². The van der Waals surface area contributed by atoms with E-state index in [4.69, 9.17) is 4.74 Å². The fourth-order valence-corrected chi connectivity index (χ4v) is 2.49. The van der Waals surface area contributed by atoms with E-state index in [0.717, 1.165) is 5.56 Å². The third kappa shape index (κ3) is 3.81. The third-order valence-electron chi connectivity index (χ3n) is 3.88. The third-order valence-corrected chi connectivity index (χ3v) is 3.88. The summed E-state index contributed by atoms with van der Waals surface area (Å²) < 4.78 is 5.22. The molecule has 1 aromatic carbocycles. The molecule has 1 atom stereocenters. The van der Waals surface area contributed by atoms with Crippen LogP contribution in [0.25, 0.3) is 0 Å². The summed E-state index contributed by atoms with van der Waals surface area (Å²) in [4.78, 5) is 12.4. The maximum absolute atomic E-state index is 12.4. The van der Waals surface area contributed by atoms with Gasteiger partial charge in [-0.2, -0.15) is 5.26 Å². The van der Waals surface area contributed by atoms with Crippen LogP contribution in [0.3, 0.4) is 0 Å². The lowest BCUT2D eigenvalue weighted by Gasteiger charge is -2.31. The number of hydrogen-bond acceptors (Lipinski definition) is 4. The molecule has 1 aliphatic heterocycles. The number of benzene rings is 1. The van der Waals surface area contributed by atoms with Gasteiger partial charge in [-0.3, -0.25) is 4.79 Å². The van der Waals surface area contributed by atoms with Gasteiger partial charge in [0.25, 0.3) is 0 Å². The predicted octanol–water partition coefficient (Wildman–Crippen LogP) is 1.03. The SMILES string of the molecule is N#CC1(C(=O)N[C@H](CO)Cc2ccccc2)CCOCC1. The van der Waals surface area contributed by atoms with Gasteiger partial charge in [-0.1, -0.05) is 30.3 Å². The van der Waals surface area contributed by atoms with Crippen molar-refractivity contribution >= 4 is 5.91 Å². The van der Waals surface area contributed by atoms with Gasteiger partial charge < -0.3 is 15.2 Å². The van der Waals surface area contributed by atoms with Gasteiger partial charge in [0, 0.05) is 13.2 Å². The van der Waals surface area contributed by atoms with Gasteiger partial charge in [-0.25, -0.2) is 0 Å². The Morgan fingerprint density at radius 1 is 1.38 bits per heavy atom. The van der Waals surface area contributed by atoms with Gasteiger partial charge >= 0.3 is 0 Å². The lowest BCUT2D eigenvalue weighted by Crippen LogP contribution is -2.49. The average molecular weight is 288 g/mol. The van der Waals surface area contributed by atoms with Gasteiger partial charge in [0.2, 0.25) is 5.91 Å². The zero-order chi connectivity index (χ0) is 15.1. The molecule has 1 heterocycles. The second kappa shape index (κ2) is 7.21. The van der Waals surface area contributed by atoms with E-state index in [-0.39, 0.29) is 18.6 Å². The number of rotatable bonds is 5. The Morgan fingerprint density at radius 2 is 2.05 bits per heavy atom. The van der Waals surface area contributed by atoms with E-state index in [1.165, 1.54) is 0 Å². The molecule has 1 aliphatic rings. The zero-order valence-electron chi connectivity index (χ0n) is 11.9. The van der Waals surface area contributed by atoms with Gasteiger partial charge in [-0.05, 0) is 24.8 Å². The smallest absolute Gasteiger partial charge is 0.240 e. The molecular weight excluding hydrogens is 268 g/mol. The van der Waals surface area contributed by atoms with Crippen LogP contribution in [0.2, 0.25) is 0 Å². The molecule has 2 N–H and O–H groups in total. The number of aliphatic hydroxyl groups is 1. The minimum absolute atomic E-state index is 0.154. The van der Waals surface area contributed by atoms with Crippen LogP contribution in [0.5, 0.6) is 0 Å². The largest absolute Gasteiger partial charge is 0.394 e. The van der Waals surface area contributed by atoms with Crippen LogP contribution in [0.1, 0.15) is 18.4 Å². The Labute approximate surface area is 124 Å². The Bertz CT molecular complexity index is 504. The predicted molar refractivity (Wildman–Crippen MR) is 77.3 cm³/mol. The number of hydrogen-bond donors (Lipinski definition) is 2. The van der Waals surface area contributed by atoms with Crippen LogP contribution in [0.15, 0.2) is 30.3 Å². The first-order chi connectivity index (χ1) is 10.2. The number of carbonyl (C=O) groups is 1. The summed E-state index contributed by atoms with van der Waals surface area (Å²) in [6.45, 7) is 0.686. The molecule has 0 spiro atoms. The average Bonchev–Trinajstić information content (AvgIpc) is 2.55. The summed E-state index contributed by atoms with van der Waals surface area (Å²) in [7, 11) is 0. The van der Waals surface area contributed by atoms with Crippen molar-refractivity contribution in [1.29, 1.82) is 5.26 Å². The fraction of sp³-hybridized carbons (Fsp3) is 0.500. The van der Waals surface area contributed by atoms with E-state index in [0.29, 0.717) is 32.5 Å². The molecule has 112 valence electrons. The molecule has 5 heteroatoms. The van der Waals surface area contributed by atoms with E-state index < -0.39 is 5.41 Å². The lowest BCUT2D eigenvalue weighted by molar-refractivity contribution is -0.133. The highest BCUT2D eigenvalue weighted by Crippen LogP contribution is 2.30. The minimum atomic E-state index is -1.03. The highest BCUT2D eigenvalue weighted by molar-refractivity contribution is 5.85. The molecule has 0 bridgehead atoms. The van der Waals surface area contributed by atoms with Gasteiger partial charge in [-0.15, -0.1) is 0 Å². The zero-order valence-corrected chi connectivity index (χ0v) is 11.9. The van der Waals surface area contributed by atoms with Crippen molar-refractivity contribution in [1.82, 2.24) is 5.32 Å². The van der Waals surface area contributed by atoms with E-state index in [9.17, 15) is 15.2 Å². The molecule has 0 unspecified atom stereocenters. The molecule has 0 aliphatic carbocycles. The second-order valence-electron chi connectivity index (χ2n) is 5.35. The number of carbonyl (C=O) groups excluding carboxylic acids is 1. The molecule has 1 amide bonds. The maximum Gasteiger partial charge on any atom is 0.240 e. The Hall–Kier alpha value is -1.90. The highest BCUT2D eigenvalue weighted by Gasteiger charge is 2.41. The number of aliphatic hydroxyl groups excluding tert-OH is 1. The van der Waals surface area contributed by atoms with Crippen LogP contribution < -0.4 is 5.32 Å². The molecule has 0 radical (unpaired) electrons. The molecule has 0 aromatic heterocycles. The standard InChI is InChI=1S/C16H20N2O3/c17-12-16(6-8-21-9-7-16)15(20)18-14(11-19)10-13-4-2-1-3-5-13/h1-5,14,19H,6-11H2,(H,18,20)/t14-/m0/s1. The summed E-state index contributed by atoms with van der Waals surface area (Å²) in [5.41, 5.74) is 0.0114. The minimum Gasteiger partial charge on any atom is -0.394 e. The quantitative estimate of drug-likeness (QED) is 0.847. The van der Waals surface area contributed by atoms with E-state index in [1.54, 1.807) is 0 Å². The number of nitrogens with zero attached hydrogens (tertiary/aromatic N) is 1. The molecule has 1 aromatic rings. The normalized spacial score (nSPS) is 18.5. The van der Waals surface area contributed by atoms with Crippen molar-refractivity contribution in [2.24, 2.45) is 5.41 Å². The summed E-state index contributed by atoms with van der Waals surface area (Å²) >= 11 is 0. The molecule has 21 heavy (non-hydrogen) atoms. The fourth-order valence-electron chi connectivity index (χ4n) is 2.49. The van der Waals surface area contributed by atoms with E-state index in [1.807, 2.05) is 30.3 Å². The highest BCUT2D eigenvalue weighted by atomic mass is 16.5. The second-order valence-corrected chi connectivity index (χ2v) is 5.35. The van der Waals surface area contributed by atoms with Crippen LogP contribution in [-0.2, 0) is 16.0 Å². The number of nitriles is 1. The first-order valence-electron chi connectivity index (χ1n) is 7.15. The summed E-state index contributed by atoms with van der Waals surface area (Å²) in [5.74, 6) is -0.303. The summed E-state index contributed by atoms with van der Waals surface area (Å²) in [6.07, 6.45) is 1.35. The van der Waals surface area contributed by atoms with Crippen LogP contribution >= 0.6 is 0 Å². The van der Waals surface area contributed by atoms with Crippen LogP contribution in [-0.4, -0.2) is 36.9 Å². The topological polar surface area (TPSA) is 82.4 Å². The Kier molecular flexibility index (Phi) is 5.32. The van der Waals surface area contributed by atoms with E-state index in [2.05, 4.69) is 11.4 Å². The van der Waals surface area contributed by atoms with E-state index >= 15 is 0 Å². The van der Waals surface area contributed by atoms with Crippen LogP contribution in [0.4, 0.5) is 0 Å². The molecule has 2 rings (SSSR count). The van der Waals surface area contributed by atoms with Gasteiger partial charge in [0.1, 0.15) is 5.41 Å². The first-order valence-corrected chi connectivity index (χ1v) is 7.15. The Balaban J connectivity index is 2.00. The van der Waals surface area contributed by atoms with Crippen molar-refractivity contribution in [3.8, 4) is 6.07 Å². The van der Waals surface area contributed by atoms with Gasteiger partial charge in [0.05, 0.1) is 18.7 Å². The molecule has 5 nitrogen and oxygen atoms in total. The monoisotopic (exact) mass is 288 g/mol. The Morgan fingerprint density at radius 3 is 2.62 bits per heavy atom. The molecule has 1 fully saturated rings. The summed E-state index contributed by atoms with van der Waals surface area (Å²) in [6, 6.07) is 11.4. The van der Waals surface area contributed by atoms with Crippen molar-refractivity contribution in [3.05, 3.63) is 35.9 Å². The lowest BCUT2D eigenvalue weighted by atomic mass is 9.80. The van der Waals surface area contributed by atoms with Crippen LogP contribution in [0, 0.1) is 16.7 Å². The first kappa shape index (κ1) is 15.5. The van der Waals surface area contributed by atoms with Gasteiger partial charge in [0.15, 0.2) is 0 Å². The van der Waals surface area contributed by atoms with Crippen molar-refractivity contribution in [2.45, 2.75) is 25.3 Å². The molecular formula is C16H20N2O3. The van der Waals surface area contributed by atoms with Crippen molar-refractivity contribution in [3.63, 3.8) is 0 Å². The maximum atomic E-state index is 12.4. The molecule has 1 saturated heterocycles. The summed E-state index contributed by atoms with van der Waals surface area (Å²) in [5, 5.41) is 21.6. The molecule has 0 saturated carbocycles. The van der Waals surface area contributed by atoms with Crippen molar-refractivity contribution in [2.75, 3.05) is 19.8 Å². The number of nitrogens with one attached hydrogen (secondary N) is 1.